The number of hydrogen-bond acceptors (Lipinski definition) is 10. The lowest BCUT2D eigenvalue weighted by Crippen LogP contribution is -2.36. The van der Waals surface area contributed by atoms with Crippen molar-refractivity contribution in [2.75, 3.05) is 0 Å². The zero-order valence-electron chi connectivity index (χ0n) is 29.9. The highest BCUT2D eigenvalue weighted by atomic mass is 16.3. The number of aliphatic hydroxyl groups excluding tert-OH is 4. The molecule has 272 valence electrons. The highest BCUT2D eigenvalue weighted by Crippen LogP contribution is 2.37. The molecule has 0 fully saturated rings. The first kappa shape index (κ1) is 40.5. The molecule has 0 saturated carbocycles. The second kappa shape index (κ2) is 17.3. The number of carbonyl (C=O) groups excluding carboxylic acids is 5. The Hall–Kier alpha value is -4.97. The Morgan fingerprint density at radius 2 is 1.37 bits per heavy atom. The first-order valence-corrected chi connectivity index (χ1v) is 16.7. The Morgan fingerprint density at radius 3 is 2.04 bits per heavy atom. The van der Waals surface area contributed by atoms with Gasteiger partial charge in [-0.1, -0.05) is 75.5 Å². The summed E-state index contributed by atoms with van der Waals surface area (Å²) in [6.45, 7) is 11.0. The van der Waals surface area contributed by atoms with E-state index in [-0.39, 0.29) is 40.9 Å². The van der Waals surface area contributed by atoms with Gasteiger partial charge in [-0.05, 0) is 56.9 Å². The minimum atomic E-state index is -1.29. The van der Waals surface area contributed by atoms with Gasteiger partial charge in [0.25, 0.3) is 11.7 Å². The fourth-order valence-corrected chi connectivity index (χ4v) is 5.64. The summed E-state index contributed by atoms with van der Waals surface area (Å²) in [7, 11) is 0. The van der Waals surface area contributed by atoms with Crippen molar-refractivity contribution in [3.63, 3.8) is 0 Å². The fourth-order valence-electron chi connectivity index (χ4n) is 5.64. The molecule has 4 bridgehead atoms. The topological polar surface area (TPSA) is 199 Å². The largest absolute Gasteiger partial charge is 0.507 e. The summed E-state index contributed by atoms with van der Waals surface area (Å²) >= 11 is 0. The van der Waals surface area contributed by atoms with Crippen LogP contribution < -0.4 is 5.32 Å². The number of Topliss-reactive ketones (excluding diaryl/α,β-unsaturated/α-hetero) is 4. The van der Waals surface area contributed by atoms with Crippen molar-refractivity contribution < 1.29 is 49.5 Å². The second-order valence-electron chi connectivity index (χ2n) is 13.3. The summed E-state index contributed by atoms with van der Waals surface area (Å²) in [6.07, 6.45) is 11.0. The van der Waals surface area contributed by atoms with Gasteiger partial charge in [-0.3, -0.25) is 24.0 Å². The van der Waals surface area contributed by atoms with Crippen molar-refractivity contribution in [1.82, 2.24) is 5.32 Å². The third-order valence-corrected chi connectivity index (χ3v) is 9.14. The van der Waals surface area contributed by atoms with E-state index in [1.807, 2.05) is 0 Å². The Morgan fingerprint density at radius 1 is 0.706 bits per heavy atom. The van der Waals surface area contributed by atoms with Gasteiger partial charge in [-0.15, -0.1) is 0 Å². The molecular formula is C40H47NO10. The summed E-state index contributed by atoms with van der Waals surface area (Å²) in [6, 6.07) is 1.24. The quantitative estimate of drug-likeness (QED) is 0.161. The predicted molar refractivity (Wildman–Crippen MR) is 193 cm³/mol. The van der Waals surface area contributed by atoms with Gasteiger partial charge in [0.15, 0.2) is 17.3 Å². The van der Waals surface area contributed by atoms with Crippen LogP contribution in [0.2, 0.25) is 0 Å². The molecule has 0 radical (unpaired) electrons. The minimum absolute atomic E-state index is 0.0427. The number of phenolic OH excluding ortho intramolecular Hbond substituents is 1. The van der Waals surface area contributed by atoms with E-state index in [1.165, 1.54) is 51.1 Å². The Balaban J connectivity index is 2.10. The summed E-state index contributed by atoms with van der Waals surface area (Å²) in [5.74, 6) is -7.21. The van der Waals surface area contributed by atoms with Gasteiger partial charge in [0, 0.05) is 35.3 Å². The number of aromatic hydroxyl groups is 1. The maximum absolute atomic E-state index is 13.8. The molecule has 6 atom stereocenters. The Bertz CT molecular complexity index is 1820. The molecule has 11 nitrogen and oxygen atoms in total. The number of hydrogen-bond donors (Lipinski definition) is 6. The summed E-state index contributed by atoms with van der Waals surface area (Å²) in [5.41, 5.74) is -1.23. The molecule has 3 unspecified atom stereocenters. The van der Waals surface area contributed by atoms with E-state index in [0.29, 0.717) is 5.57 Å². The third-order valence-electron chi connectivity index (χ3n) is 9.14. The zero-order chi connectivity index (χ0) is 38.3. The monoisotopic (exact) mass is 701 g/mol. The number of aryl methyl sites for hydroxylation is 1. The average molecular weight is 702 g/mol. The predicted octanol–water partition coefficient (Wildman–Crippen LogP) is 4.85. The van der Waals surface area contributed by atoms with Crippen molar-refractivity contribution >= 4 is 34.8 Å². The van der Waals surface area contributed by atoms with Crippen LogP contribution in [0.1, 0.15) is 86.2 Å². The maximum atomic E-state index is 13.8. The molecule has 4 rings (SSSR count). The van der Waals surface area contributed by atoms with Crippen LogP contribution in [0, 0.1) is 24.7 Å². The molecular weight excluding hydrogens is 654 g/mol. The van der Waals surface area contributed by atoms with Crippen molar-refractivity contribution in [2.24, 2.45) is 17.8 Å². The lowest BCUT2D eigenvalue weighted by atomic mass is 9.82. The number of nitrogens with one attached hydrogen (secondary N) is 1. The summed E-state index contributed by atoms with van der Waals surface area (Å²) in [5, 5.41) is 56.5. The number of phenols is 1. The van der Waals surface area contributed by atoms with E-state index in [1.54, 1.807) is 58.1 Å². The van der Waals surface area contributed by atoms with Crippen LogP contribution in [-0.2, 0) is 14.4 Å². The molecule has 0 spiro atoms. The Kier molecular flexibility index (Phi) is 13.7. The van der Waals surface area contributed by atoms with Crippen molar-refractivity contribution in [3.8, 4) is 5.75 Å². The molecule has 3 aliphatic rings. The van der Waals surface area contributed by atoms with Gasteiger partial charge in [-0.25, -0.2) is 0 Å². The van der Waals surface area contributed by atoms with Crippen LogP contribution in [0.3, 0.4) is 0 Å². The van der Waals surface area contributed by atoms with Crippen LogP contribution >= 0.6 is 0 Å². The lowest BCUT2D eigenvalue weighted by molar-refractivity contribution is -0.119. The number of allylic oxidation sites excluding steroid dienone is 7. The molecule has 1 amide bonds. The van der Waals surface area contributed by atoms with Gasteiger partial charge in [0.1, 0.15) is 11.4 Å². The molecule has 0 saturated heterocycles. The molecule has 1 aromatic carbocycles. The minimum Gasteiger partial charge on any atom is -0.507 e. The molecule has 1 aliphatic carbocycles. The number of fused-ring (bicyclic) bond motifs is 18. The summed E-state index contributed by atoms with van der Waals surface area (Å²) in [4.78, 5) is 66.2. The second-order valence-corrected chi connectivity index (χ2v) is 13.3. The van der Waals surface area contributed by atoms with E-state index in [4.69, 9.17) is 0 Å². The SMILES string of the molecule is C/C1=C/CC(O)/C=C\[C@H](C)[C@H](O)[C@@H](C)/C=C(\C)C(=O)c2c(O)c(C)cc3c2C(=O)C(=O)C(=C3O)NC(=O)\C(C)=C/C=C/C=C\C(C)C(O)CC1=O. The first-order chi connectivity index (χ1) is 23.9. The normalized spacial score (nSPS) is 31.6. The molecule has 11 heteroatoms. The number of carbonyl (C=O) groups is 5. The van der Waals surface area contributed by atoms with Crippen LogP contribution in [0.15, 0.2) is 83.2 Å². The van der Waals surface area contributed by atoms with Crippen LogP contribution in [-0.4, -0.2) is 72.9 Å². The van der Waals surface area contributed by atoms with E-state index in [0.717, 1.165) is 0 Å². The highest BCUT2D eigenvalue weighted by molar-refractivity contribution is 6.53. The smallest absolute Gasteiger partial charge is 0.253 e. The third kappa shape index (κ3) is 9.63. The van der Waals surface area contributed by atoms with E-state index in [2.05, 4.69) is 5.32 Å². The van der Waals surface area contributed by atoms with Crippen LogP contribution in [0.4, 0.5) is 0 Å². The number of benzene rings is 1. The first-order valence-electron chi connectivity index (χ1n) is 16.7. The number of rotatable bonds is 0. The van der Waals surface area contributed by atoms with Gasteiger partial charge in [0.2, 0.25) is 5.78 Å². The average Bonchev–Trinajstić information content (AvgIpc) is 3.09. The number of ketones is 4. The van der Waals surface area contributed by atoms with Crippen molar-refractivity contribution in [1.29, 1.82) is 0 Å². The summed E-state index contributed by atoms with van der Waals surface area (Å²) < 4.78 is 0. The van der Waals surface area contributed by atoms with Crippen molar-refractivity contribution in [2.45, 2.75) is 79.6 Å². The maximum Gasteiger partial charge on any atom is 0.253 e. The van der Waals surface area contributed by atoms with E-state index in [9.17, 15) is 49.5 Å². The molecule has 2 aliphatic heterocycles. The van der Waals surface area contributed by atoms with Gasteiger partial charge in [0.05, 0.1) is 29.4 Å². The van der Waals surface area contributed by atoms with Crippen LogP contribution in [0.25, 0.3) is 5.76 Å². The van der Waals surface area contributed by atoms with E-state index >= 15 is 0 Å². The number of amides is 1. The lowest BCUT2D eigenvalue weighted by Gasteiger charge is -2.23. The van der Waals surface area contributed by atoms with Crippen LogP contribution in [0.5, 0.6) is 5.75 Å². The van der Waals surface area contributed by atoms with Gasteiger partial charge >= 0.3 is 0 Å². The van der Waals surface area contributed by atoms with Gasteiger partial charge in [-0.2, -0.15) is 0 Å². The molecule has 51 heavy (non-hydrogen) atoms. The molecule has 1 aromatic rings. The molecule has 0 aromatic heterocycles. The van der Waals surface area contributed by atoms with Crippen molar-refractivity contribution in [3.05, 3.63) is 105 Å². The molecule has 6 N–H and O–H groups in total. The highest BCUT2D eigenvalue weighted by Gasteiger charge is 2.39. The number of aliphatic hydroxyl groups is 4. The zero-order valence-corrected chi connectivity index (χ0v) is 29.9. The standard InChI is InChI=1S/C40H47NO10/c1-20-11-9-8-10-12-23(4)40(51)41-33-37(48)28-18-26(7)36(47)32(31(28)38(49)39(33)50)35(46)25(6)17-24(5)34(45)22(3)14-16-27(42)15-13-21(2)30(44)19-29(20)43/h8-14,16-18,20,22,24,27,29,34,42-43,45,47-48H,15,19H2,1-7H3,(H,41,51)/b10-8+,11-9-,16-14-,21-13-,23-12-,25-17+/t20?,22-,24-,27?,29?,34-/m0/s1. The fraction of sp³-hybridized carbons (Fsp3) is 0.375. The van der Waals surface area contributed by atoms with E-state index < -0.39 is 87.7 Å². The van der Waals surface area contributed by atoms with Gasteiger partial charge < -0.3 is 30.8 Å². The molecule has 2 heterocycles. The Labute approximate surface area is 297 Å².